The van der Waals surface area contributed by atoms with Gasteiger partial charge in [-0.2, -0.15) is 10.4 Å². The molecule has 0 bridgehead atoms. The number of aromatic nitrogens is 2. The summed E-state index contributed by atoms with van der Waals surface area (Å²) in [7, 11) is 0. The summed E-state index contributed by atoms with van der Waals surface area (Å²) in [6.45, 7) is 0.181. The molecule has 0 atom stereocenters. The van der Waals surface area contributed by atoms with Crippen molar-refractivity contribution in [1.29, 1.82) is 5.26 Å². The molecular weight excluding hydrogens is 340 g/mol. The number of nitriles is 1. The first-order valence-electron chi connectivity index (χ1n) is 7.36. The zero-order valence-corrected chi connectivity index (χ0v) is 13.8. The van der Waals surface area contributed by atoms with E-state index in [4.69, 9.17) is 21.6 Å². The molecule has 0 saturated carbocycles. The summed E-state index contributed by atoms with van der Waals surface area (Å²) in [6, 6.07) is 15.5. The van der Waals surface area contributed by atoms with Crippen molar-refractivity contribution in [3.63, 3.8) is 0 Å². The quantitative estimate of drug-likeness (QED) is 0.759. The van der Waals surface area contributed by atoms with Gasteiger partial charge in [-0.3, -0.25) is 4.79 Å². The number of rotatable bonds is 5. The van der Waals surface area contributed by atoms with E-state index in [2.05, 4.69) is 10.4 Å². The second-order valence-electron chi connectivity index (χ2n) is 5.15. The Morgan fingerprint density at radius 2 is 2.12 bits per heavy atom. The van der Waals surface area contributed by atoms with E-state index in [0.29, 0.717) is 27.6 Å². The van der Waals surface area contributed by atoms with Gasteiger partial charge in [-0.05, 0) is 36.4 Å². The number of nitrogens with zero attached hydrogens (tertiary/aromatic N) is 3. The van der Waals surface area contributed by atoms with Gasteiger partial charge < -0.3 is 10.1 Å². The zero-order valence-electron chi connectivity index (χ0n) is 13.0. The zero-order chi connectivity index (χ0) is 17.6. The molecular formula is C18H13ClN4O2. The van der Waals surface area contributed by atoms with Crippen LogP contribution in [0.5, 0.6) is 5.75 Å². The fourth-order valence-electron chi connectivity index (χ4n) is 2.13. The van der Waals surface area contributed by atoms with Crippen molar-refractivity contribution in [3.05, 3.63) is 77.1 Å². The lowest BCUT2D eigenvalue weighted by atomic mass is 10.1. The predicted molar refractivity (Wildman–Crippen MR) is 93.4 cm³/mol. The summed E-state index contributed by atoms with van der Waals surface area (Å²) in [5.41, 5.74) is 1.36. The molecule has 0 fully saturated rings. The summed E-state index contributed by atoms with van der Waals surface area (Å²) in [6.07, 6.45) is 3.17. The van der Waals surface area contributed by atoms with Gasteiger partial charge in [0.25, 0.3) is 5.91 Å². The largest absolute Gasteiger partial charge is 0.471 e. The third-order valence-corrected chi connectivity index (χ3v) is 3.54. The first-order chi connectivity index (χ1) is 12.1. The summed E-state index contributed by atoms with van der Waals surface area (Å²) < 4.78 is 7.12. The van der Waals surface area contributed by atoms with E-state index in [1.165, 1.54) is 12.3 Å². The van der Waals surface area contributed by atoms with Gasteiger partial charge in [0.15, 0.2) is 6.73 Å². The van der Waals surface area contributed by atoms with Gasteiger partial charge in [-0.15, -0.1) is 0 Å². The Labute approximate surface area is 149 Å². The van der Waals surface area contributed by atoms with Gasteiger partial charge in [0, 0.05) is 10.6 Å². The molecule has 1 aromatic heterocycles. The van der Waals surface area contributed by atoms with Crippen molar-refractivity contribution in [2.24, 2.45) is 0 Å². The Hall–Kier alpha value is -3.30. The number of halogens is 1. The van der Waals surface area contributed by atoms with Crippen molar-refractivity contribution >= 4 is 23.2 Å². The van der Waals surface area contributed by atoms with Gasteiger partial charge in [0.1, 0.15) is 5.75 Å². The number of ether oxygens (including phenoxy) is 1. The predicted octanol–water partition coefficient (Wildman–Crippen LogP) is 3.70. The number of nitrogens with one attached hydrogen (secondary N) is 1. The maximum absolute atomic E-state index is 12.2. The minimum absolute atomic E-state index is 0.181. The van der Waals surface area contributed by atoms with Crippen LogP contribution in [0, 0.1) is 11.3 Å². The van der Waals surface area contributed by atoms with Gasteiger partial charge in [0.05, 0.1) is 29.7 Å². The minimum Gasteiger partial charge on any atom is -0.471 e. The van der Waals surface area contributed by atoms with E-state index in [9.17, 15) is 4.79 Å². The van der Waals surface area contributed by atoms with Crippen molar-refractivity contribution in [2.45, 2.75) is 6.73 Å². The van der Waals surface area contributed by atoms with Crippen LogP contribution in [0.2, 0.25) is 5.02 Å². The highest BCUT2D eigenvalue weighted by molar-refractivity contribution is 6.30. The highest BCUT2D eigenvalue weighted by atomic mass is 35.5. The van der Waals surface area contributed by atoms with Gasteiger partial charge in [-0.25, -0.2) is 4.68 Å². The van der Waals surface area contributed by atoms with Crippen LogP contribution in [-0.2, 0) is 6.73 Å². The number of hydrogen-bond donors (Lipinski definition) is 1. The molecule has 0 spiro atoms. The molecule has 2 aromatic carbocycles. The molecule has 0 saturated heterocycles. The second kappa shape index (κ2) is 7.51. The smallest absolute Gasteiger partial charge is 0.255 e. The standard InChI is InChI=1S/C18H13ClN4O2/c19-15-5-2-6-17(8-15)25-12-23-11-16(10-21-23)22-18(24)14-4-1-3-13(7-14)9-20/h1-8,10-11H,12H2,(H,22,24). The number of carbonyl (C=O) groups excluding carboxylic acids is 1. The lowest BCUT2D eigenvalue weighted by Crippen LogP contribution is -2.11. The lowest BCUT2D eigenvalue weighted by Gasteiger charge is -2.06. The molecule has 3 rings (SSSR count). The van der Waals surface area contributed by atoms with E-state index in [1.807, 2.05) is 6.07 Å². The number of amides is 1. The molecule has 0 aliphatic carbocycles. The molecule has 0 aliphatic rings. The number of hydrogen-bond acceptors (Lipinski definition) is 4. The van der Waals surface area contributed by atoms with Crippen molar-refractivity contribution < 1.29 is 9.53 Å². The molecule has 3 aromatic rings. The molecule has 1 amide bonds. The topological polar surface area (TPSA) is 79.9 Å². The summed E-state index contributed by atoms with van der Waals surface area (Å²) >= 11 is 5.90. The van der Waals surface area contributed by atoms with Crippen molar-refractivity contribution in [2.75, 3.05) is 5.32 Å². The van der Waals surface area contributed by atoms with Gasteiger partial charge in [0.2, 0.25) is 0 Å². The SMILES string of the molecule is N#Cc1cccc(C(=O)Nc2cnn(COc3cccc(Cl)c3)c2)c1. The Morgan fingerprint density at radius 3 is 2.92 bits per heavy atom. The molecule has 7 heteroatoms. The molecule has 0 unspecified atom stereocenters. The molecule has 124 valence electrons. The Kier molecular flexibility index (Phi) is 4.97. The Morgan fingerprint density at radius 1 is 1.28 bits per heavy atom. The summed E-state index contributed by atoms with van der Waals surface area (Å²) in [4.78, 5) is 12.2. The van der Waals surface area contributed by atoms with Crippen molar-refractivity contribution in [3.8, 4) is 11.8 Å². The van der Waals surface area contributed by atoms with Gasteiger partial charge in [-0.1, -0.05) is 23.7 Å². The average Bonchev–Trinajstić information content (AvgIpc) is 3.07. The molecule has 25 heavy (non-hydrogen) atoms. The Balaban J connectivity index is 1.61. The molecule has 0 radical (unpaired) electrons. The molecule has 1 heterocycles. The van der Waals surface area contributed by atoms with E-state index < -0.39 is 0 Å². The molecule has 6 nitrogen and oxygen atoms in total. The van der Waals surface area contributed by atoms with E-state index in [1.54, 1.807) is 53.3 Å². The van der Waals surface area contributed by atoms with Gasteiger partial charge >= 0.3 is 0 Å². The monoisotopic (exact) mass is 352 g/mol. The van der Waals surface area contributed by atoms with Crippen LogP contribution in [0.25, 0.3) is 0 Å². The van der Waals surface area contributed by atoms with E-state index in [0.717, 1.165) is 0 Å². The van der Waals surface area contributed by atoms with Crippen LogP contribution in [0.1, 0.15) is 15.9 Å². The third kappa shape index (κ3) is 4.37. The molecule has 0 aliphatic heterocycles. The number of anilines is 1. The fourth-order valence-corrected chi connectivity index (χ4v) is 2.31. The maximum Gasteiger partial charge on any atom is 0.255 e. The first kappa shape index (κ1) is 16.6. The first-order valence-corrected chi connectivity index (χ1v) is 7.74. The number of benzene rings is 2. The van der Waals surface area contributed by atoms with Crippen LogP contribution in [0.4, 0.5) is 5.69 Å². The summed E-state index contributed by atoms with van der Waals surface area (Å²) in [5.74, 6) is 0.314. The van der Waals surface area contributed by atoms with Crippen LogP contribution < -0.4 is 10.1 Å². The molecule has 1 N–H and O–H groups in total. The van der Waals surface area contributed by atoms with Crippen LogP contribution in [0.15, 0.2) is 60.9 Å². The fraction of sp³-hybridized carbons (Fsp3) is 0.0556. The summed E-state index contributed by atoms with van der Waals surface area (Å²) in [5, 5.41) is 16.3. The van der Waals surface area contributed by atoms with Crippen molar-refractivity contribution in [1.82, 2.24) is 9.78 Å². The van der Waals surface area contributed by atoms with Crippen LogP contribution in [0.3, 0.4) is 0 Å². The highest BCUT2D eigenvalue weighted by Crippen LogP contribution is 2.17. The van der Waals surface area contributed by atoms with Crippen LogP contribution in [-0.4, -0.2) is 15.7 Å². The lowest BCUT2D eigenvalue weighted by molar-refractivity contribution is 0.102. The third-order valence-electron chi connectivity index (χ3n) is 3.30. The Bertz CT molecular complexity index is 946. The van der Waals surface area contributed by atoms with E-state index in [-0.39, 0.29) is 12.6 Å². The maximum atomic E-state index is 12.2. The second-order valence-corrected chi connectivity index (χ2v) is 5.58. The minimum atomic E-state index is -0.313. The normalized spacial score (nSPS) is 10.1. The number of carbonyl (C=O) groups is 1. The highest BCUT2D eigenvalue weighted by Gasteiger charge is 2.08. The van der Waals surface area contributed by atoms with Crippen LogP contribution >= 0.6 is 11.6 Å². The average molecular weight is 353 g/mol. The van der Waals surface area contributed by atoms with E-state index >= 15 is 0 Å².